The molecule has 0 saturated carbocycles. The van der Waals surface area contributed by atoms with Gasteiger partial charge in [0.25, 0.3) is 0 Å². The molecule has 2 heterocycles. The summed E-state index contributed by atoms with van der Waals surface area (Å²) in [6.07, 6.45) is 6.98. The Hall–Kier alpha value is -3.00. The van der Waals surface area contributed by atoms with E-state index in [0.717, 1.165) is 11.4 Å². The molecule has 5 nitrogen and oxygen atoms in total. The van der Waals surface area contributed by atoms with Crippen molar-refractivity contribution >= 4 is 0 Å². The first-order valence-electron chi connectivity index (χ1n) is 6.57. The molecule has 3 rings (SSSR count). The van der Waals surface area contributed by atoms with Gasteiger partial charge in [-0.25, -0.2) is 15.0 Å². The van der Waals surface area contributed by atoms with Gasteiger partial charge in [-0.2, -0.15) is 5.26 Å². The summed E-state index contributed by atoms with van der Waals surface area (Å²) in [5.74, 6) is 0.749. The third-order valence-corrected chi connectivity index (χ3v) is 3.46. The van der Waals surface area contributed by atoms with E-state index in [0.29, 0.717) is 12.1 Å². The Kier molecular flexibility index (Phi) is 3.44. The smallest absolute Gasteiger partial charge is 0.131 e. The van der Waals surface area contributed by atoms with E-state index in [1.807, 2.05) is 30.3 Å². The highest BCUT2D eigenvalue weighted by Gasteiger charge is 2.37. The summed E-state index contributed by atoms with van der Waals surface area (Å²) in [4.78, 5) is 15.6. The lowest BCUT2D eigenvalue weighted by molar-refractivity contribution is 0.609. The average molecular weight is 275 g/mol. The van der Waals surface area contributed by atoms with Crippen molar-refractivity contribution < 1.29 is 0 Å². The van der Waals surface area contributed by atoms with Crippen molar-refractivity contribution in [1.29, 1.82) is 5.26 Å². The molecule has 0 fully saturated rings. The molecule has 0 aliphatic carbocycles. The second kappa shape index (κ2) is 5.55. The number of hydrogen-bond acceptors (Lipinski definition) is 4. The summed E-state index contributed by atoms with van der Waals surface area (Å²) >= 11 is 0. The Morgan fingerprint density at radius 2 is 1.95 bits per heavy atom. The van der Waals surface area contributed by atoms with Gasteiger partial charge < -0.3 is 4.98 Å². The molecule has 1 unspecified atom stereocenters. The molecular formula is C16H13N5. The first kappa shape index (κ1) is 13.0. The number of aromatic nitrogens is 4. The Labute approximate surface area is 122 Å². The van der Waals surface area contributed by atoms with Gasteiger partial charge in [-0.3, -0.25) is 0 Å². The van der Waals surface area contributed by atoms with E-state index < -0.39 is 5.41 Å². The van der Waals surface area contributed by atoms with Gasteiger partial charge in [0.2, 0.25) is 0 Å². The summed E-state index contributed by atoms with van der Waals surface area (Å²) < 4.78 is 0. The van der Waals surface area contributed by atoms with Crippen molar-refractivity contribution in [1.82, 2.24) is 19.9 Å². The number of rotatable bonds is 4. The molecule has 102 valence electrons. The van der Waals surface area contributed by atoms with Gasteiger partial charge in [-0.05, 0) is 11.6 Å². The molecule has 3 aromatic rings. The SMILES string of the molecule is N#CC(Cc1ncc[nH]1)(c1ccccc1)c1ccncn1. The summed E-state index contributed by atoms with van der Waals surface area (Å²) in [6.45, 7) is 0. The second-order valence-electron chi connectivity index (χ2n) is 4.69. The van der Waals surface area contributed by atoms with E-state index in [-0.39, 0.29) is 0 Å². The topological polar surface area (TPSA) is 78.2 Å². The van der Waals surface area contributed by atoms with Gasteiger partial charge >= 0.3 is 0 Å². The van der Waals surface area contributed by atoms with Crippen LogP contribution in [0.2, 0.25) is 0 Å². The lowest BCUT2D eigenvalue weighted by Gasteiger charge is -2.25. The van der Waals surface area contributed by atoms with E-state index >= 15 is 0 Å². The van der Waals surface area contributed by atoms with Crippen molar-refractivity contribution in [2.24, 2.45) is 0 Å². The third-order valence-electron chi connectivity index (χ3n) is 3.46. The van der Waals surface area contributed by atoms with Gasteiger partial charge in [0.05, 0.1) is 11.8 Å². The molecule has 0 saturated heterocycles. The summed E-state index contributed by atoms with van der Waals surface area (Å²) in [7, 11) is 0. The maximum Gasteiger partial charge on any atom is 0.131 e. The van der Waals surface area contributed by atoms with Gasteiger partial charge in [0, 0.05) is 25.0 Å². The minimum absolute atomic E-state index is 0.428. The maximum absolute atomic E-state index is 9.93. The molecule has 0 aliphatic rings. The van der Waals surface area contributed by atoms with E-state index in [4.69, 9.17) is 0 Å². The Balaban J connectivity index is 2.16. The van der Waals surface area contributed by atoms with Gasteiger partial charge in [-0.15, -0.1) is 0 Å². The lowest BCUT2D eigenvalue weighted by atomic mass is 9.75. The van der Waals surface area contributed by atoms with E-state index in [2.05, 4.69) is 26.0 Å². The number of nitrogens with zero attached hydrogens (tertiary/aromatic N) is 4. The van der Waals surface area contributed by atoms with Crippen molar-refractivity contribution in [2.75, 3.05) is 0 Å². The molecule has 0 aliphatic heterocycles. The third kappa shape index (κ3) is 2.39. The highest BCUT2D eigenvalue weighted by Crippen LogP contribution is 2.33. The van der Waals surface area contributed by atoms with E-state index in [1.165, 1.54) is 6.33 Å². The fourth-order valence-corrected chi connectivity index (χ4v) is 2.41. The zero-order chi connectivity index (χ0) is 14.5. The zero-order valence-corrected chi connectivity index (χ0v) is 11.3. The minimum atomic E-state index is -0.887. The standard InChI is InChI=1S/C16H13N5/c17-11-16(10-15-19-8-9-20-15,13-4-2-1-3-5-13)14-6-7-18-12-21-14/h1-9,12H,10H2,(H,19,20). The van der Waals surface area contributed by atoms with Crippen LogP contribution in [0.5, 0.6) is 0 Å². The maximum atomic E-state index is 9.93. The molecule has 1 aromatic carbocycles. The average Bonchev–Trinajstić information content (AvgIpc) is 3.07. The van der Waals surface area contributed by atoms with Crippen LogP contribution in [0.4, 0.5) is 0 Å². The first-order chi connectivity index (χ1) is 10.3. The fourth-order valence-electron chi connectivity index (χ4n) is 2.41. The number of nitriles is 1. The predicted molar refractivity (Wildman–Crippen MR) is 77.2 cm³/mol. The van der Waals surface area contributed by atoms with Gasteiger partial charge in [-0.1, -0.05) is 30.3 Å². The molecule has 0 spiro atoms. The van der Waals surface area contributed by atoms with Crippen molar-refractivity contribution in [3.8, 4) is 6.07 Å². The minimum Gasteiger partial charge on any atom is -0.349 e. The van der Waals surface area contributed by atoms with E-state index in [1.54, 1.807) is 24.7 Å². The van der Waals surface area contributed by atoms with Gasteiger partial charge in [0.15, 0.2) is 0 Å². The second-order valence-corrected chi connectivity index (χ2v) is 4.69. The van der Waals surface area contributed by atoms with Crippen LogP contribution in [0.1, 0.15) is 17.1 Å². The monoisotopic (exact) mass is 275 g/mol. The molecule has 5 heteroatoms. The van der Waals surface area contributed by atoms with Crippen molar-refractivity contribution in [3.05, 3.63) is 78.4 Å². The van der Waals surface area contributed by atoms with Crippen LogP contribution in [0.25, 0.3) is 0 Å². The zero-order valence-electron chi connectivity index (χ0n) is 11.3. The van der Waals surface area contributed by atoms with Crippen LogP contribution in [0, 0.1) is 11.3 Å². The van der Waals surface area contributed by atoms with E-state index in [9.17, 15) is 5.26 Å². The van der Waals surface area contributed by atoms with Crippen LogP contribution in [-0.4, -0.2) is 19.9 Å². The number of hydrogen-bond donors (Lipinski definition) is 1. The van der Waals surface area contributed by atoms with Crippen LogP contribution < -0.4 is 0 Å². The Morgan fingerprint density at radius 1 is 1.10 bits per heavy atom. The highest BCUT2D eigenvalue weighted by molar-refractivity contribution is 5.43. The van der Waals surface area contributed by atoms with Gasteiger partial charge in [0.1, 0.15) is 17.6 Å². The Morgan fingerprint density at radius 3 is 2.57 bits per heavy atom. The summed E-state index contributed by atoms with van der Waals surface area (Å²) in [6, 6.07) is 13.9. The largest absolute Gasteiger partial charge is 0.349 e. The highest BCUT2D eigenvalue weighted by atomic mass is 14.9. The predicted octanol–water partition coefficient (Wildman–Crippen LogP) is 2.25. The molecule has 0 amide bonds. The van der Waals surface area contributed by atoms with Crippen LogP contribution in [0.3, 0.4) is 0 Å². The molecule has 0 bridgehead atoms. The molecule has 1 N–H and O–H groups in total. The molecule has 2 aromatic heterocycles. The number of nitrogens with one attached hydrogen (secondary N) is 1. The molecule has 21 heavy (non-hydrogen) atoms. The van der Waals surface area contributed by atoms with Crippen molar-refractivity contribution in [3.63, 3.8) is 0 Å². The van der Waals surface area contributed by atoms with Crippen molar-refractivity contribution in [2.45, 2.75) is 11.8 Å². The Bertz CT molecular complexity index is 690. The normalized spacial score (nSPS) is 13.3. The number of H-pyrrole nitrogens is 1. The molecule has 1 atom stereocenters. The lowest BCUT2D eigenvalue weighted by Crippen LogP contribution is -2.30. The summed E-state index contributed by atoms with van der Waals surface area (Å²) in [5.41, 5.74) is 0.674. The van der Waals surface area contributed by atoms with Crippen LogP contribution in [0.15, 0.2) is 61.3 Å². The van der Waals surface area contributed by atoms with Crippen LogP contribution in [-0.2, 0) is 11.8 Å². The molecular weight excluding hydrogens is 262 g/mol. The molecule has 0 radical (unpaired) electrons. The fraction of sp³-hybridized carbons (Fsp3) is 0.125. The quantitative estimate of drug-likeness (QED) is 0.792. The number of benzene rings is 1. The number of imidazole rings is 1. The van der Waals surface area contributed by atoms with Crippen LogP contribution >= 0.6 is 0 Å². The summed E-state index contributed by atoms with van der Waals surface area (Å²) in [5, 5.41) is 9.93. The number of aromatic amines is 1. The first-order valence-corrected chi connectivity index (χ1v) is 6.57.